The Kier molecular flexibility index (Phi) is 6.46. The standard InChI is InChI=1S/C18H15ClN2O5/c1-12-15(19)6-3-7-16(12)20-17(22)11-26-18(23)9-8-13-4-2-5-14(10-13)21(24)25/h2-10H,11H2,1H3,(H,20,22)/b9-8+. The van der Waals surface area contributed by atoms with Crippen molar-refractivity contribution >= 4 is 40.9 Å². The zero-order valence-electron chi connectivity index (χ0n) is 13.8. The number of non-ortho nitro benzene ring substituents is 1. The maximum Gasteiger partial charge on any atom is 0.331 e. The molecule has 0 saturated heterocycles. The predicted octanol–water partition coefficient (Wildman–Crippen LogP) is 3.75. The number of nitro groups is 1. The second-order valence-corrected chi connectivity index (χ2v) is 5.66. The lowest BCUT2D eigenvalue weighted by molar-refractivity contribution is -0.384. The van der Waals surface area contributed by atoms with Gasteiger partial charge in [-0.3, -0.25) is 14.9 Å². The number of nitro benzene ring substituents is 1. The Hall–Kier alpha value is -3.19. The topological polar surface area (TPSA) is 98.5 Å². The van der Waals surface area contributed by atoms with Gasteiger partial charge in [-0.2, -0.15) is 0 Å². The maximum atomic E-state index is 11.8. The van der Waals surface area contributed by atoms with Crippen molar-refractivity contribution in [1.29, 1.82) is 0 Å². The molecule has 2 aromatic rings. The number of carbonyl (C=O) groups is 2. The third kappa shape index (κ3) is 5.42. The molecule has 1 amide bonds. The van der Waals surface area contributed by atoms with Crippen LogP contribution >= 0.6 is 11.6 Å². The molecular weight excluding hydrogens is 360 g/mol. The first kappa shape index (κ1) is 19.1. The van der Waals surface area contributed by atoms with Crippen molar-refractivity contribution in [3.8, 4) is 0 Å². The first-order valence-corrected chi connectivity index (χ1v) is 7.89. The third-order valence-corrected chi connectivity index (χ3v) is 3.79. The van der Waals surface area contributed by atoms with E-state index in [1.165, 1.54) is 24.3 Å². The molecule has 7 nitrogen and oxygen atoms in total. The zero-order valence-corrected chi connectivity index (χ0v) is 14.5. The quantitative estimate of drug-likeness (QED) is 0.359. The molecule has 0 atom stereocenters. The average molecular weight is 375 g/mol. The van der Waals surface area contributed by atoms with Crippen molar-refractivity contribution in [2.45, 2.75) is 6.92 Å². The van der Waals surface area contributed by atoms with Crippen LogP contribution in [0.25, 0.3) is 6.08 Å². The number of hydrogen-bond acceptors (Lipinski definition) is 5. The van der Waals surface area contributed by atoms with E-state index in [0.717, 1.165) is 6.08 Å². The van der Waals surface area contributed by atoms with Gasteiger partial charge in [-0.1, -0.05) is 29.8 Å². The highest BCUT2D eigenvalue weighted by Crippen LogP contribution is 2.22. The summed E-state index contributed by atoms with van der Waals surface area (Å²) in [5.41, 5.74) is 1.62. The molecule has 0 fully saturated rings. The van der Waals surface area contributed by atoms with Gasteiger partial charge in [-0.15, -0.1) is 0 Å². The van der Waals surface area contributed by atoms with Gasteiger partial charge in [0, 0.05) is 28.9 Å². The van der Waals surface area contributed by atoms with Crippen LogP contribution in [0, 0.1) is 17.0 Å². The molecule has 8 heteroatoms. The van der Waals surface area contributed by atoms with Crippen LogP contribution in [0.1, 0.15) is 11.1 Å². The second kappa shape index (κ2) is 8.77. The summed E-state index contributed by atoms with van der Waals surface area (Å²) in [4.78, 5) is 33.7. The number of benzene rings is 2. The largest absolute Gasteiger partial charge is 0.452 e. The number of esters is 1. The van der Waals surface area contributed by atoms with E-state index in [-0.39, 0.29) is 5.69 Å². The summed E-state index contributed by atoms with van der Waals surface area (Å²) in [6.07, 6.45) is 2.46. The highest BCUT2D eigenvalue weighted by Gasteiger charge is 2.09. The molecule has 0 radical (unpaired) electrons. The average Bonchev–Trinajstić information content (AvgIpc) is 2.62. The molecule has 0 heterocycles. The molecule has 0 saturated carbocycles. The number of carbonyl (C=O) groups excluding carboxylic acids is 2. The van der Waals surface area contributed by atoms with E-state index in [9.17, 15) is 19.7 Å². The van der Waals surface area contributed by atoms with Crippen molar-refractivity contribution in [3.63, 3.8) is 0 Å². The Balaban J connectivity index is 1.88. The lowest BCUT2D eigenvalue weighted by Gasteiger charge is -2.09. The molecule has 0 bridgehead atoms. The van der Waals surface area contributed by atoms with E-state index < -0.39 is 23.4 Å². The van der Waals surface area contributed by atoms with E-state index in [1.807, 2.05) is 0 Å². The molecule has 0 unspecified atom stereocenters. The van der Waals surface area contributed by atoms with Gasteiger partial charge in [0.15, 0.2) is 6.61 Å². The first-order valence-electron chi connectivity index (χ1n) is 7.51. The van der Waals surface area contributed by atoms with Gasteiger partial charge in [0.25, 0.3) is 11.6 Å². The summed E-state index contributed by atoms with van der Waals surface area (Å²) in [5.74, 6) is -1.25. The third-order valence-electron chi connectivity index (χ3n) is 3.38. The SMILES string of the molecule is Cc1c(Cl)cccc1NC(=O)COC(=O)/C=C/c1cccc([N+](=O)[O-])c1. The van der Waals surface area contributed by atoms with Gasteiger partial charge in [0.05, 0.1) is 4.92 Å². The smallest absolute Gasteiger partial charge is 0.331 e. The van der Waals surface area contributed by atoms with Crippen LogP contribution in [0.15, 0.2) is 48.5 Å². The Morgan fingerprint density at radius 1 is 1.27 bits per heavy atom. The molecular formula is C18H15ClN2O5. The maximum absolute atomic E-state index is 11.8. The van der Waals surface area contributed by atoms with Gasteiger partial charge >= 0.3 is 5.97 Å². The van der Waals surface area contributed by atoms with Crippen molar-refractivity contribution in [3.05, 3.63) is 74.8 Å². The van der Waals surface area contributed by atoms with E-state index >= 15 is 0 Å². The summed E-state index contributed by atoms with van der Waals surface area (Å²) >= 11 is 5.97. The molecule has 2 rings (SSSR count). The van der Waals surface area contributed by atoms with Crippen LogP contribution in [-0.2, 0) is 14.3 Å². The molecule has 0 aliphatic rings. The highest BCUT2D eigenvalue weighted by atomic mass is 35.5. The molecule has 0 spiro atoms. The molecule has 0 aliphatic carbocycles. The lowest BCUT2D eigenvalue weighted by atomic mass is 10.2. The fourth-order valence-electron chi connectivity index (χ4n) is 2.02. The number of hydrogen-bond donors (Lipinski definition) is 1. The van der Waals surface area contributed by atoms with Gasteiger partial charge in [0.2, 0.25) is 0 Å². The van der Waals surface area contributed by atoms with Crippen LogP contribution in [-0.4, -0.2) is 23.4 Å². The normalized spacial score (nSPS) is 10.5. The molecule has 134 valence electrons. The Morgan fingerprint density at radius 3 is 2.73 bits per heavy atom. The Morgan fingerprint density at radius 2 is 2.00 bits per heavy atom. The van der Waals surface area contributed by atoms with Gasteiger partial charge in [0.1, 0.15) is 0 Å². The first-order chi connectivity index (χ1) is 12.4. The number of ether oxygens (including phenoxy) is 1. The molecule has 0 aliphatic heterocycles. The van der Waals surface area contributed by atoms with E-state index in [1.54, 1.807) is 31.2 Å². The fourth-order valence-corrected chi connectivity index (χ4v) is 2.19. The number of anilines is 1. The van der Waals surface area contributed by atoms with Crippen LogP contribution in [0.4, 0.5) is 11.4 Å². The zero-order chi connectivity index (χ0) is 19.1. The van der Waals surface area contributed by atoms with Crippen LogP contribution in [0.2, 0.25) is 5.02 Å². The molecule has 26 heavy (non-hydrogen) atoms. The number of amides is 1. The van der Waals surface area contributed by atoms with Crippen LogP contribution in [0.5, 0.6) is 0 Å². The van der Waals surface area contributed by atoms with Gasteiger partial charge in [-0.25, -0.2) is 4.79 Å². The van der Waals surface area contributed by atoms with Crippen molar-refractivity contribution in [1.82, 2.24) is 0 Å². The summed E-state index contributed by atoms with van der Waals surface area (Å²) in [5, 5.41) is 13.8. The van der Waals surface area contributed by atoms with E-state index in [4.69, 9.17) is 16.3 Å². The van der Waals surface area contributed by atoms with Crippen molar-refractivity contribution in [2.75, 3.05) is 11.9 Å². The Bertz CT molecular complexity index is 880. The van der Waals surface area contributed by atoms with Crippen molar-refractivity contribution < 1.29 is 19.2 Å². The minimum absolute atomic E-state index is 0.0863. The summed E-state index contributed by atoms with van der Waals surface area (Å²) in [6.45, 7) is 1.29. The van der Waals surface area contributed by atoms with Crippen LogP contribution in [0.3, 0.4) is 0 Å². The van der Waals surface area contributed by atoms with Gasteiger partial charge < -0.3 is 10.1 Å². The molecule has 1 N–H and O–H groups in total. The fraction of sp³-hybridized carbons (Fsp3) is 0.111. The summed E-state index contributed by atoms with van der Waals surface area (Å²) in [7, 11) is 0. The predicted molar refractivity (Wildman–Crippen MR) is 97.9 cm³/mol. The van der Waals surface area contributed by atoms with E-state index in [0.29, 0.717) is 21.8 Å². The van der Waals surface area contributed by atoms with Gasteiger partial charge in [-0.05, 0) is 36.3 Å². The molecule has 2 aromatic carbocycles. The Labute approximate surface area is 154 Å². The summed E-state index contributed by atoms with van der Waals surface area (Å²) < 4.78 is 4.84. The molecule has 0 aromatic heterocycles. The number of nitrogens with one attached hydrogen (secondary N) is 1. The van der Waals surface area contributed by atoms with Crippen molar-refractivity contribution in [2.24, 2.45) is 0 Å². The second-order valence-electron chi connectivity index (χ2n) is 5.25. The number of rotatable bonds is 6. The lowest BCUT2D eigenvalue weighted by Crippen LogP contribution is -2.20. The van der Waals surface area contributed by atoms with Crippen LogP contribution < -0.4 is 5.32 Å². The van der Waals surface area contributed by atoms with E-state index in [2.05, 4.69) is 5.32 Å². The summed E-state index contributed by atoms with van der Waals surface area (Å²) in [6, 6.07) is 10.8. The number of nitrogens with zero attached hydrogens (tertiary/aromatic N) is 1. The number of halogens is 1. The minimum atomic E-state index is -0.741. The monoisotopic (exact) mass is 374 g/mol. The minimum Gasteiger partial charge on any atom is -0.452 e. The highest BCUT2D eigenvalue weighted by molar-refractivity contribution is 6.31.